The van der Waals surface area contributed by atoms with E-state index in [9.17, 15) is 4.79 Å². The maximum Gasteiger partial charge on any atom is 0.274 e. The fourth-order valence-corrected chi connectivity index (χ4v) is 2.26. The van der Waals surface area contributed by atoms with Crippen molar-refractivity contribution >= 4 is 22.4 Å². The Kier molecular flexibility index (Phi) is 4.34. The summed E-state index contributed by atoms with van der Waals surface area (Å²) in [5.41, 5.74) is 0.598. The molecule has 0 radical (unpaired) electrons. The van der Waals surface area contributed by atoms with Gasteiger partial charge in [-0.15, -0.1) is 0 Å². The van der Waals surface area contributed by atoms with Crippen molar-refractivity contribution in [2.45, 2.75) is 13.5 Å². The van der Waals surface area contributed by atoms with Crippen LogP contribution in [-0.2, 0) is 6.54 Å². The largest absolute Gasteiger partial charge is 0.384 e. The number of amides is 1. The van der Waals surface area contributed by atoms with Crippen LogP contribution in [0.5, 0.6) is 0 Å². The number of aryl methyl sites for hydroxylation is 1. The second kappa shape index (κ2) is 6.18. The number of nitrogens with one attached hydrogen (secondary N) is 1. The first-order valence-electron chi connectivity index (χ1n) is 5.76. The standard InChI is InChI=1S/C13H13N3O2S/c1-2-16-7-3-6-11(16)12(18)15-13-14-9-10(19-13)5-4-8-17/h3,6-7,9,17H,2,8H2,1H3,(H,14,15,18). The predicted molar refractivity (Wildman–Crippen MR) is 74.1 cm³/mol. The lowest BCUT2D eigenvalue weighted by atomic mass is 10.4. The van der Waals surface area contributed by atoms with Crippen molar-refractivity contribution in [2.75, 3.05) is 11.9 Å². The molecule has 19 heavy (non-hydrogen) atoms. The molecule has 5 nitrogen and oxygen atoms in total. The first kappa shape index (κ1) is 13.3. The van der Waals surface area contributed by atoms with Crippen molar-refractivity contribution < 1.29 is 9.90 Å². The van der Waals surface area contributed by atoms with Crippen LogP contribution < -0.4 is 5.32 Å². The third kappa shape index (κ3) is 3.22. The van der Waals surface area contributed by atoms with Gasteiger partial charge in [0, 0.05) is 12.7 Å². The van der Waals surface area contributed by atoms with Crippen LogP contribution in [0.1, 0.15) is 22.3 Å². The van der Waals surface area contributed by atoms with Gasteiger partial charge in [-0.3, -0.25) is 10.1 Å². The molecule has 2 rings (SSSR count). The van der Waals surface area contributed by atoms with Crippen molar-refractivity contribution in [1.82, 2.24) is 9.55 Å². The van der Waals surface area contributed by atoms with Gasteiger partial charge in [-0.05, 0) is 19.1 Å². The summed E-state index contributed by atoms with van der Waals surface area (Å²) in [6.07, 6.45) is 3.43. The number of aliphatic hydroxyl groups excluding tert-OH is 1. The molecular weight excluding hydrogens is 262 g/mol. The van der Waals surface area contributed by atoms with Gasteiger partial charge in [0.15, 0.2) is 5.13 Å². The molecule has 2 aromatic rings. The Labute approximate surface area is 114 Å². The Bertz CT molecular complexity index is 634. The number of carbonyl (C=O) groups is 1. The minimum atomic E-state index is -0.192. The summed E-state index contributed by atoms with van der Waals surface area (Å²) in [6.45, 7) is 2.52. The molecule has 0 saturated heterocycles. The first-order chi connectivity index (χ1) is 9.24. The van der Waals surface area contributed by atoms with E-state index in [0.717, 1.165) is 6.54 Å². The summed E-state index contributed by atoms with van der Waals surface area (Å²) in [7, 11) is 0. The van der Waals surface area contributed by atoms with Crippen LogP contribution in [0.15, 0.2) is 24.5 Å². The minimum absolute atomic E-state index is 0.191. The zero-order valence-corrected chi connectivity index (χ0v) is 11.2. The van der Waals surface area contributed by atoms with Crippen LogP contribution in [0, 0.1) is 11.8 Å². The second-order valence-corrected chi connectivity index (χ2v) is 4.65. The Morgan fingerprint density at radius 1 is 1.63 bits per heavy atom. The molecule has 0 aliphatic rings. The van der Waals surface area contributed by atoms with Gasteiger partial charge in [0.2, 0.25) is 0 Å². The first-order valence-corrected chi connectivity index (χ1v) is 6.58. The van der Waals surface area contributed by atoms with E-state index >= 15 is 0 Å². The van der Waals surface area contributed by atoms with Crippen LogP contribution in [0.4, 0.5) is 5.13 Å². The maximum atomic E-state index is 12.0. The van der Waals surface area contributed by atoms with Gasteiger partial charge in [0.25, 0.3) is 5.91 Å². The number of hydrogen-bond donors (Lipinski definition) is 2. The van der Waals surface area contributed by atoms with Crippen molar-refractivity contribution in [3.63, 3.8) is 0 Å². The molecule has 2 N–H and O–H groups in total. The molecule has 2 aromatic heterocycles. The number of thiazole rings is 1. The van der Waals surface area contributed by atoms with Crippen LogP contribution >= 0.6 is 11.3 Å². The molecule has 0 saturated carbocycles. The molecular formula is C13H13N3O2S. The normalized spacial score (nSPS) is 9.79. The van der Waals surface area contributed by atoms with Gasteiger partial charge in [-0.2, -0.15) is 0 Å². The fourth-order valence-electron chi connectivity index (χ4n) is 1.57. The molecule has 1 amide bonds. The van der Waals surface area contributed by atoms with E-state index in [1.165, 1.54) is 11.3 Å². The number of carbonyl (C=O) groups excluding carboxylic acids is 1. The highest BCUT2D eigenvalue weighted by Gasteiger charge is 2.11. The Hall–Kier alpha value is -2.10. The van der Waals surface area contributed by atoms with Gasteiger partial charge < -0.3 is 9.67 Å². The summed E-state index contributed by atoms with van der Waals surface area (Å²) >= 11 is 1.27. The number of rotatable bonds is 3. The zero-order chi connectivity index (χ0) is 13.7. The Balaban J connectivity index is 2.09. The van der Waals surface area contributed by atoms with Crippen molar-refractivity contribution in [1.29, 1.82) is 0 Å². The van der Waals surface area contributed by atoms with E-state index in [0.29, 0.717) is 15.7 Å². The van der Waals surface area contributed by atoms with Gasteiger partial charge in [-0.1, -0.05) is 23.2 Å². The minimum Gasteiger partial charge on any atom is -0.384 e. The van der Waals surface area contributed by atoms with E-state index in [1.54, 1.807) is 12.3 Å². The fraction of sp³-hybridized carbons (Fsp3) is 0.231. The molecule has 0 aromatic carbocycles. The molecule has 0 fully saturated rings. The molecule has 0 spiro atoms. The van der Waals surface area contributed by atoms with Gasteiger partial charge in [0.05, 0.1) is 11.1 Å². The van der Waals surface area contributed by atoms with E-state index in [1.807, 2.05) is 23.8 Å². The number of anilines is 1. The average Bonchev–Trinajstić information content (AvgIpc) is 3.04. The second-order valence-electron chi connectivity index (χ2n) is 3.62. The number of aliphatic hydroxyl groups is 1. The summed E-state index contributed by atoms with van der Waals surface area (Å²) < 4.78 is 1.86. The molecule has 0 atom stereocenters. The summed E-state index contributed by atoms with van der Waals surface area (Å²) in [6, 6.07) is 3.59. The average molecular weight is 275 g/mol. The summed E-state index contributed by atoms with van der Waals surface area (Å²) in [5.74, 6) is 5.09. The lowest BCUT2D eigenvalue weighted by Gasteiger charge is -2.05. The number of nitrogens with zero attached hydrogens (tertiary/aromatic N) is 2. The van der Waals surface area contributed by atoms with Crippen molar-refractivity contribution in [3.05, 3.63) is 35.1 Å². The van der Waals surface area contributed by atoms with Crippen molar-refractivity contribution in [2.24, 2.45) is 0 Å². The smallest absolute Gasteiger partial charge is 0.274 e. The van der Waals surface area contributed by atoms with E-state index < -0.39 is 0 Å². The van der Waals surface area contributed by atoms with Crippen molar-refractivity contribution in [3.8, 4) is 11.8 Å². The number of aromatic nitrogens is 2. The summed E-state index contributed by atoms with van der Waals surface area (Å²) in [4.78, 5) is 16.8. The zero-order valence-electron chi connectivity index (χ0n) is 10.4. The lowest BCUT2D eigenvalue weighted by Crippen LogP contribution is -2.16. The van der Waals surface area contributed by atoms with Gasteiger partial charge in [0.1, 0.15) is 12.3 Å². The highest BCUT2D eigenvalue weighted by atomic mass is 32.1. The molecule has 0 aliphatic carbocycles. The van der Waals surface area contributed by atoms with Crippen LogP contribution in [0.2, 0.25) is 0 Å². The van der Waals surface area contributed by atoms with E-state index in [-0.39, 0.29) is 12.5 Å². The molecule has 2 heterocycles. The molecule has 0 bridgehead atoms. The third-order valence-corrected chi connectivity index (χ3v) is 3.25. The van der Waals surface area contributed by atoms with E-state index in [4.69, 9.17) is 5.11 Å². The molecule has 6 heteroatoms. The maximum absolute atomic E-state index is 12.0. The van der Waals surface area contributed by atoms with Crippen LogP contribution in [0.25, 0.3) is 0 Å². The molecule has 0 aliphatic heterocycles. The highest BCUT2D eigenvalue weighted by Crippen LogP contribution is 2.18. The Morgan fingerprint density at radius 2 is 2.47 bits per heavy atom. The predicted octanol–water partition coefficient (Wildman–Crippen LogP) is 1.56. The monoisotopic (exact) mass is 275 g/mol. The topological polar surface area (TPSA) is 67.2 Å². The summed E-state index contributed by atoms with van der Waals surface area (Å²) in [5, 5.41) is 11.8. The third-order valence-electron chi connectivity index (χ3n) is 2.42. The molecule has 0 unspecified atom stereocenters. The van der Waals surface area contributed by atoms with Crippen LogP contribution in [-0.4, -0.2) is 27.2 Å². The van der Waals surface area contributed by atoms with Gasteiger partial charge >= 0.3 is 0 Å². The lowest BCUT2D eigenvalue weighted by molar-refractivity contribution is 0.101. The quantitative estimate of drug-likeness (QED) is 0.835. The number of hydrogen-bond acceptors (Lipinski definition) is 4. The Morgan fingerprint density at radius 3 is 3.21 bits per heavy atom. The van der Waals surface area contributed by atoms with Crippen LogP contribution in [0.3, 0.4) is 0 Å². The van der Waals surface area contributed by atoms with Gasteiger partial charge in [-0.25, -0.2) is 4.98 Å². The highest BCUT2D eigenvalue weighted by molar-refractivity contribution is 7.16. The molecule has 98 valence electrons. The SMILES string of the molecule is CCn1cccc1C(=O)Nc1ncc(C#CCO)s1. The van der Waals surface area contributed by atoms with E-state index in [2.05, 4.69) is 22.1 Å².